The van der Waals surface area contributed by atoms with Gasteiger partial charge in [0.25, 0.3) is 5.91 Å². The van der Waals surface area contributed by atoms with Crippen molar-refractivity contribution >= 4 is 35.1 Å². The van der Waals surface area contributed by atoms with Gasteiger partial charge in [0.05, 0.1) is 1.37 Å². The molecular weight excluding hydrogens is 442 g/mol. The molecule has 2 unspecified atom stereocenters. The van der Waals surface area contributed by atoms with E-state index >= 15 is 0 Å². The zero-order chi connectivity index (χ0) is 26.6. The third-order valence-corrected chi connectivity index (χ3v) is 5.52. The fourth-order valence-electron chi connectivity index (χ4n) is 3.55. The van der Waals surface area contributed by atoms with Gasteiger partial charge in [-0.25, -0.2) is 0 Å². The number of nitrogens with zero attached hydrogens (tertiary/aromatic N) is 1. The van der Waals surface area contributed by atoms with Crippen molar-refractivity contribution in [1.82, 2.24) is 10.2 Å². The van der Waals surface area contributed by atoms with Crippen LogP contribution in [0.2, 0.25) is 6.43 Å². The van der Waals surface area contributed by atoms with Crippen LogP contribution >= 0.6 is 11.6 Å². The molecule has 3 amide bonds. The summed E-state index contributed by atoms with van der Waals surface area (Å²) in [5.41, 5.74) is 0.0133. The summed E-state index contributed by atoms with van der Waals surface area (Å²) in [6.45, 7) is -0.284. The number of benzene rings is 2. The SMILES string of the molecule is [2H]C1C[C@]([2H])(N2Cc3cc(C([2H])CC(=O)C(F)(F)c4ccc(Cl)cc4)ccc3C2=O)C(=O)N([2H])C1=O. The highest BCUT2D eigenvalue weighted by atomic mass is 35.5. The van der Waals surface area contributed by atoms with E-state index in [1.807, 2.05) is 0 Å². The minimum Gasteiger partial charge on any atom is -0.322 e. The second-order valence-electron chi connectivity index (χ2n) is 7.33. The van der Waals surface area contributed by atoms with Gasteiger partial charge in [-0.1, -0.05) is 35.9 Å². The maximum absolute atomic E-state index is 14.6. The van der Waals surface area contributed by atoms with Crippen LogP contribution in [0.4, 0.5) is 8.78 Å². The molecule has 0 aliphatic carbocycles. The normalized spacial score (nSPS) is 26.2. The molecule has 166 valence electrons. The number of hydrogen-bond donors (Lipinski definition) is 1. The highest BCUT2D eigenvalue weighted by Gasteiger charge is 2.41. The fraction of sp³-hybridized carbons (Fsp3) is 0.304. The number of Topliss-reactive ketones (excluding diaryl/α,β-unsaturated/α-hetero) is 1. The topological polar surface area (TPSA) is 83.6 Å². The van der Waals surface area contributed by atoms with Crippen molar-refractivity contribution in [2.24, 2.45) is 0 Å². The first-order valence-electron chi connectivity index (χ1n) is 11.7. The van der Waals surface area contributed by atoms with E-state index in [2.05, 4.69) is 0 Å². The Balaban J connectivity index is 1.53. The quantitative estimate of drug-likeness (QED) is 0.664. The third-order valence-electron chi connectivity index (χ3n) is 5.27. The number of halogens is 3. The molecule has 2 aromatic rings. The summed E-state index contributed by atoms with van der Waals surface area (Å²) in [5, 5.41) is 0.147. The number of alkyl halides is 2. The standard InChI is InChI=1S/C23H19ClF2N2O4/c24-16-5-3-15(4-6-16)23(25,26)19(29)9-2-13-1-7-17-14(11-13)12-28(22(17)32)18-8-10-20(30)27-21(18)31/h1,3-7,11,18H,2,8-10,12H2,(H,27,30,31)/t18-/m0/s1/i2D,10D,18D/hD/t2?,10?,18-. The average Bonchev–Trinajstić information content (AvgIpc) is 3.18. The predicted octanol–water partition coefficient (Wildman–Crippen LogP) is 3.39. The Morgan fingerprint density at radius 1 is 1.28 bits per heavy atom. The molecule has 0 spiro atoms. The third kappa shape index (κ3) is 4.14. The number of ketones is 1. The summed E-state index contributed by atoms with van der Waals surface area (Å²) < 4.78 is 61.4. The van der Waals surface area contributed by atoms with E-state index in [-0.39, 0.29) is 28.0 Å². The van der Waals surface area contributed by atoms with Crippen molar-refractivity contribution in [3.05, 3.63) is 69.7 Å². The van der Waals surface area contributed by atoms with Gasteiger partial charge in [0.2, 0.25) is 17.6 Å². The van der Waals surface area contributed by atoms with Gasteiger partial charge in [-0.05, 0) is 42.1 Å². The molecule has 3 atom stereocenters. The van der Waals surface area contributed by atoms with Gasteiger partial charge in [0, 0.05) is 38.3 Å². The summed E-state index contributed by atoms with van der Waals surface area (Å²) in [7, 11) is 0. The highest BCUT2D eigenvalue weighted by Crippen LogP contribution is 2.32. The maximum atomic E-state index is 14.6. The van der Waals surface area contributed by atoms with E-state index in [0.29, 0.717) is 5.56 Å². The number of nitrogens with one attached hydrogen (secondary N) is 1. The number of fused-ring (bicyclic) bond motifs is 1. The molecule has 2 aromatic carbocycles. The Hall–Kier alpha value is -3.13. The molecule has 0 radical (unpaired) electrons. The second-order valence-corrected chi connectivity index (χ2v) is 7.77. The zero-order valence-electron chi connectivity index (χ0n) is 20.5. The lowest BCUT2D eigenvalue weighted by Crippen LogP contribution is -2.52. The van der Waals surface area contributed by atoms with Crippen LogP contribution in [0.3, 0.4) is 0 Å². The fourth-order valence-corrected chi connectivity index (χ4v) is 3.68. The average molecular weight is 465 g/mol. The smallest absolute Gasteiger partial charge is 0.322 e. The number of imide groups is 1. The molecule has 32 heavy (non-hydrogen) atoms. The summed E-state index contributed by atoms with van der Waals surface area (Å²) >= 11 is 5.71. The molecule has 0 saturated carbocycles. The van der Waals surface area contributed by atoms with Crippen LogP contribution in [0.5, 0.6) is 0 Å². The van der Waals surface area contributed by atoms with Crippen LogP contribution in [0.1, 0.15) is 50.4 Å². The van der Waals surface area contributed by atoms with Crippen LogP contribution in [0.15, 0.2) is 42.5 Å². The van der Waals surface area contributed by atoms with E-state index in [1.165, 1.54) is 30.3 Å². The van der Waals surface area contributed by atoms with Crippen LogP contribution in [-0.2, 0) is 33.2 Å². The summed E-state index contributed by atoms with van der Waals surface area (Å²) in [4.78, 5) is 50.4. The number of aryl methyl sites for hydroxylation is 1. The molecule has 2 heterocycles. The van der Waals surface area contributed by atoms with Crippen molar-refractivity contribution < 1.29 is 33.5 Å². The molecule has 0 aromatic heterocycles. The van der Waals surface area contributed by atoms with Crippen LogP contribution in [0.25, 0.3) is 0 Å². The largest absolute Gasteiger partial charge is 0.330 e. The lowest BCUT2D eigenvalue weighted by Gasteiger charge is -2.29. The summed E-state index contributed by atoms with van der Waals surface area (Å²) in [6.07, 6.45) is -4.38. The number of amides is 3. The van der Waals surface area contributed by atoms with Gasteiger partial charge in [-0.3, -0.25) is 24.5 Å². The van der Waals surface area contributed by atoms with E-state index in [9.17, 15) is 28.0 Å². The number of rotatable bonds is 6. The predicted molar refractivity (Wildman–Crippen MR) is 111 cm³/mol. The summed E-state index contributed by atoms with van der Waals surface area (Å²) in [6, 6.07) is 6.19. The highest BCUT2D eigenvalue weighted by molar-refractivity contribution is 6.30. The van der Waals surface area contributed by atoms with Gasteiger partial charge in [0.1, 0.15) is 6.02 Å². The second kappa shape index (κ2) is 8.43. The van der Waals surface area contributed by atoms with Crippen molar-refractivity contribution in [3.8, 4) is 0 Å². The Labute approximate surface area is 193 Å². The van der Waals surface area contributed by atoms with Crippen molar-refractivity contribution in [3.63, 3.8) is 0 Å². The minimum atomic E-state index is -3.83. The monoisotopic (exact) mass is 464 g/mol. The van der Waals surface area contributed by atoms with Gasteiger partial charge in [0.15, 0.2) is 1.41 Å². The molecule has 1 fully saturated rings. The van der Waals surface area contributed by atoms with Gasteiger partial charge in [-0.15, -0.1) is 0 Å². The number of hydrogen-bond acceptors (Lipinski definition) is 4. The Morgan fingerprint density at radius 2 is 2.00 bits per heavy atom. The molecule has 2 aliphatic rings. The van der Waals surface area contributed by atoms with Gasteiger partial charge >= 0.3 is 5.92 Å². The molecule has 0 bridgehead atoms. The molecule has 1 N–H and O–H groups in total. The van der Waals surface area contributed by atoms with Crippen molar-refractivity contribution in [2.75, 3.05) is 0 Å². The van der Waals surface area contributed by atoms with Crippen LogP contribution < -0.4 is 5.31 Å². The van der Waals surface area contributed by atoms with Crippen LogP contribution in [-0.4, -0.2) is 34.4 Å². The molecule has 9 heteroatoms. The van der Waals surface area contributed by atoms with E-state index in [1.54, 1.807) is 0 Å². The van der Waals surface area contributed by atoms with Crippen molar-refractivity contribution in [2.45, 2.75) is 44.1 Å². The molecule has 4 rings (SSSR count). The maximum Gasteiger partial charge on any atom is 0.330 e. The number of carbonyl (C=O) groups excluding carboxylic acids is 4. The minimum absolute atomic E-state index is 0.0812. The first-order chi connectivity index (χ1) is 16.8. The van der Waals surface area contributed by atoms with E-state index in [0.717, 1.165) is 17.0 Å². The first-order valence-corrected chi connectivity index (χ1v) is 9.99. The van der Waals surface area contributed by atoms with Gasteiger partial charge < -0.3 is 4.90 Å². The Bertz CT molecular complexity index is 1280. The van der Waals surface area contributed by atoms with E-state index < -0.39 is 66.6 Å². The van der Waals surface area contributed by atoms with Gasteiger partial charge in [-0.2, -0.15) is 8.78 Å². The zero-order valence-corrected chi connectivity index (χ0v) is 17.2. The molecular formula is C23H19ClF2N2O4. The Morgan fingerprint density at radius 3 is 2.72 bits per heavy atom. The van der Waals surface area contributed by atoms with Crippen molar-refractivity contribution in [1.29, 1.82) is 0 Å². The Kier molecular flexibility index (Phi) is 4.59. The number of carbonyl (C=O) groups is 4. The van der Waals surface area contributed by atoms with Crippen LogP contribution in [0, 0.1) is 0 Å². The van der Waals surface area contributed by atoms with E-state index in [4.69, 9.17) is 17.1 Å². The molecule has 1 saturated heterocycles. The molecule has 6 nitrogen and oxygen atoms in total. The number of piperidine rings is 1. The lowest BCUT2D eigenvalue weighted by atomic mass is 9.97. The lowest BCUT2D eigenvalue weighted by molar-refractivity contribution is -0.144. The summed E-state index contributed by atoms with van der Waals surface area (Å²) in [5.74, 6) is -8.39. The molecule has 2 aliphatic heterocycles. The first kappa shape index (κ1) is 17.4.